The third kappa shape index (κ3) is 4.60. The fourth-order valence-corrected chi connectivity index (χ4v) is 2.62. The summed E-state index contributed by atoms with van der Waals surface area (Å²) in [6, 6.07) is 13.9. The zero-order chi connectivity index (χ0) is 19.4. The predicted octanol–water partition coefficient (Wildman–Crippen LogP) is 5.04. The number of hydrogen-bond donors (Lipinski definition) is 1. The standard InChI is InChI=1S/C20H19ClN2O4/c1-12(2)26-15-7-4-13(5-8-15)19-11-17(23-27-19)20(24)22-16-10-14(21)6-9-18(16)25-3/h4-12H,1-3H3,(H,22,24). The molecule has 0 aliphatic carbocycles. The molecule has 1 amide bonds. The molecular formula is C20H19ClN2O4. The number of anilines is 1. The van der Waals surface area contributed by atoms with Crippen molar-refractivity contribution in [2.75, 3.05) is 12.4 Å². The number of carbonyl (C=O) groups excluding carboxylic acids is 1. The summed E-state index contributed by atoms with van der Waals surface area (Å²) in [5.74, 6) is 1.32. The Labute approximate surface area is 162 Å². The summed E-state index contributed by atoms with van der Waals surface area (Å²) in [5, 5.41) is 7.05. The molecule has 0 aliphatic rings. The first kappa shape index (κ1) is 18.8. The van der Waals surface area contributed by atoms with Gasteiger partial charge in [0.2, 0.25) is 0 Å². The highest BCUT2D eigenvalue weighted by Gasteiger charge is 2.16. The lowest BCUT2D eigenvalue weighted by molar-refractivity contribution is 0.101. The van der Waals surface area contributed by atoms with E-state index in [-0.39, 0.29) is 11.8 Å². The van der Waals surface area contributed by atoms with Crippen LogP contribution in [0.5, 0.6) is 11.5 Å². The molecule has 1 heterocycles. The van der Waals surface area contributed by atoms with E-state index < -0.39 is 5.91 Å². The summed E-state index contributed by atoms with van der Waals surface area (Å²) < 4.78 is 16.1. The molecular weight excluding hydrogens is 368 g/mol. The van der Waals surface area contributed by atoms with Crippen molar-refractivity contribution < 1.29 is 18.8 Å². The zero-order valence-electron chi connectivity index (χ0n) is 15.2. The molecule has 1 aromatic heterocycles. The van der Waals surface area contributed by atoms with Gasteiger partial charge >= 0.3 is 0 Å². The number of halogens is 1. The van der Waals surface area contributed by atoms with Gasteiger partial charge in [0, 0.05) is 16.7 Å². The lowest BCUT2D eigenvalue weighted by Crippen LogP contribution is -2.12. The van der Waals surface area contributed by atoms with E-state index in [0.29, 0.717) is 22.2 Å². The van der Waals surface area contributed by atoms with Gasteiger partial charge in [-0.05, 0) is 56.3 Å². The first-order chi connectivity index (χ1) is 13.0. The van der Waals surface area contributed by atoms with Crippen LogP contribution in [0.2, 0.25) is 5.02 Å². The number of nitrogens with zero attached hydrogens (tertiary/aromatic N) is 1. The van der Waals surface area contributed by atoms with Crippen LogP contribution < -0.4 is 14.8 Å². The highest BCUT2D eigenvalue weighted by Crippen LogP contribution is 2.29. The van der Waals surface area contributed by atoms with Crippen LogP contribution in [-0.2, 0) is 0 Å². The van der Waals surface area contributed by atoms with Gasteiger partial charge in [-0.3, -0.25) is 4.79 Å². The summed E-state index contributed by atoms with van der Waals surface area (Å²) in [6.45, 7) is 3.92. The minimum Gasteiger partial charge on any atom is -0.495 e. The van der Waals surface area contributed by atoms with Crippen LogP contribution in [0.4, 0.5) is 5.69 Å². The second-order valence-electron chi connectivity index (χ2n) is 6.07. The fraction of sp³-hybridized carbons (Fsp3) is 0.200. The first-order valence-corrected chi connectivity index (χ1v) is 8.73. The third-order valence-corrected chi connectivity index (χ3v) is 3.90. The largest absolute Gasteiger partial charge is 0.495 e. The van der Waals surface area contributed by atoms with Crippen LogP contribution in [0.25, 0.3) is 11.3 Å². The summed E-state index contributed by atoms with van der Waals surface area (Å²) >= 11 is 5.98. The Kier molecular flexibility index (Phi) is 5.66. The number of methoxy groups -OCH3 is 1. The van der Waals surface area contributed by atoms with Gasteiger partial charge in [0.05, 0.1) is 18.9 Å². The average molecular weight is 387 g/mol. The second kappa shape index (κ2) is 8.14. The predicted molar refractivity (Wildman–Crippen MR) is 104 cm³/mol. The molecule has 6 nitrogen and oxygen atoms in total. The summed E-state index contributed by atoms with van der Waals surface area (Å²) in [4.78, 5) is 12.5. The van der Waals surface area contributed by atoms with Gasteiger partial charge in [-0.2, -0.15) is 0 Å². The van der Waals surface area contributed by atoms with E-state index in [1.807, 2.05) is 38.1 Å². The Balaban J connectivity index is 1.75. The van der Waals surface area contributed by atoms with Crippen LogP contribution in [0.3, 0.4) is 0 Å². The maximum absolute atomic E-state index is 12.5. The van der Waals surface area contributed by atoms with E-state index in [0.717, 1.165) is 11.3 Å². The van der Waals surface area contributed by atoms with E-state index in [2.05, 4.69) is 10.5 Å². The van der Waals surface area contributed by atoms with Crippen molar-refractivity contribution in [3.8, 4) is 22.8 Å². The van der Waals surface area contributed by atoms with Gasteiger partial charge < -0.3 is 19.3 Å². The number of amides is 1. The Morgan fingerprint density at radius 1 is 1.15 bits per heavy atom. The normalized spacial score (nSPS) is 10.7. The van der Waals surface area contributed by atoms with Crippen molar-refractivity contribution in [1.29, 1.82) is 0 Å². The van der Waals surface area contributed by atoms with E-state index in [4.69, 9.17) is 25.6 Å². The molecule has 0 spiro atoms. The van der Waals surface area contributed by atoms with Crippen molar-refractivity contribution in [2.45, 2.75) is 20.0 Å². The number of ether oxygens (including phenoxy) is 2. The molecule has 0 atom stereocenters. The van der Waals surface area contributed by atoms with Crippen molar-refractivity contribution in [3.63, 3.8) is 0 Å². The number of aromatic nitrogens is 1. The molecule has 0 unspecified atom stereocenters. The molecule has 2 aromatic carbocycles. The smallest absolute Gasteiger partial charge is 0.277 e. The third-order valence-electron chi connectivity index (χ3n) is 3.66. The molecule has 1 N–H and O–H groups in total. The van der Waals surface area contributed by atoms with E-state index in [1.54, 1.807) is 24.3 Å². The topological polar surface area (TPSA) is 73.6 Å². The maximum atomic E-state index is 12.5. The van der Waals surface area contributed by atoms with E-state index >= 15 is 0 Å². The van der Waals surface area contributed by atoms with Crippen LogP contribution in [0, 0.1) is 0 Å². The number of hydrogen-bond acceptors (Lipinski definition) is 5. The highest BCUT2D eigenvalue weighted by molar-refractivity contribution is 6.31. The van der Waals surface area contributed by atoms with Crippen molar-refractivity contribution in [2.24, 2.45) is 0 Å². The van der Waals surface area contributed by atoms with Crippen LogP contribution >= 0.6 is 11.6 Å². The van der Waals surface area contributed by atoms with Crippen molar-refractivity contribution in [1.82, 2.24) is 5.16 Å². The van der Waals surface area contributed by atoms with Gasteiger partial charge in [0.15, 0.2) is 11.5 Å². The molecule has 0 fully saturated rings. The number of nitrogens with one attached hydrogen (secondary N) is 1. The van der Waals surface area contributed by atoms with Crippen LogP contribution in [-0.4, -0.2) is 24.3 Å². The maximum Gasteiger partial charge on any atom is 0.277 e. The van der Waals surface area contributed by atoms with Gasteiger partial charge in [0.25, 0.3) is 5.91 Å². The molecule has 0 saturated heterocycles. The highest BCUT2D eigenvalue weighted by atomic mass is 35.5. The molecule has 0 bridgehead atoms. The van der Waals surface area contributed by atoms with Gasteiger partial charge in [-0.1, -0.05) is 16.8 Å². The molecule has 3 aromatic rings. The van der Waals surface area contributed by atoms with Crippen molar-refractivity contribution >= 4 is 23.2 Å². The van der Waals surface area contributed by atoms with Crippen molar-refractivity contribution in [3.05, 3.63) is 59.2 Å². The van der Waals surface area contributed by atoms with E-state index in [9.17, 15) is 4.79 Å². The summed E-state index contributed by atoms with van der Waals surface area (Å²) in [5.41, 5.74) is 1.39. The van der Waals surface area contributed by atoms with E-state index in [1.165, 1.54) is 7.11 Å². The lowest BCUT2D eigenvalue weighted by atomic mass is 10.1. The molecule has 3 rings (SSSR count). The zero-order valence-corrected chi connectivity index (χ0v) is 15.9. The fourth-order valence-electron chi connectivity index (χ4n) is 2.45. The van der Waals surface area contributed by atoms with Crippen LogP contribution in [0.1, 0.15) is 24.3 Å². The summed E-state index contributed by atoms with van der Waals surface area (Å²) in [7, 11) is 1.51. The number of benzene rings is 2. The SMILES string of the molecule is COc1ccc(Cl)cc1NC(=O)c1cc(-c2ccc(OC(C)C)cc2)on1. The number of carbonyl (C=O) groups is 1. The molecule has 0 saturated carbocycles. The Morgan fingerprint density at radius 2 is 1.89 bits per heavy atom. The Hall–Kier alpha value is -2.99. The lowest BCUT2D eigenvalue weighted by Gasteiger charge is -2.09. The monoisotopic (exact) mass is 386 g/mol. The molecule has 140 valence electrons. The Bertz CT molecular complexity index is 935. The first-order valence-electron chi connectivity index (χ1n) is 8.35. The quantitative estimate of drug-likeness (QED) is 0.642. The van der Waals surface area contributed by atoms with Gasteiger partial charge in [-0.15, -0.1) is 0 Å². The molecule has 0 aliphatic heterocycles. The van der Waals surface area contributed by atoms with Gasteiger partial charge in [0.1, 0.15) is 11.5 Å². The minimum atomic E-state index is -0.426. The second-order valence-corrected chi connectivity index (χ2v) is 6.50. The molecule has 27 heavy (non-hydrogen) atoms. The Morgan fingerprint density at radius 3 is 2.56 bits per heavy atom. The van der Waals surface area contributed by atoms with Gasteiger partial charge in [-0.25, -0.2) is 0 Å². The minimum absolute atomic E-state index is 0.0971. The molecule has 7 heteroatoms. The summed E-state index contributed by atoms with van der Waals surface area (Å²) in [6.07, 6.45) is 0.0971. The number of rotatable bonds is 6. The van der Waals surface area contributed by atoms with Crippen LogP contribution in [0.15, 0.2) is 53.1 Å². The average Bonchev–Trinajstić information content (AvgIpc) is 3.12. The molecule has 0 radical (unpaired) electrons.